The minimum atomic E-state index is -0.996. The van der Waals surface area contributed by atoms with Crippen molar-refractivity contribution in [1.29, 1.82) is 0 Å². The molecule has 30 heavy (non-hydrogen) atoms. The summed E-state index contributed by atoms with van der Waals surface area (Å²) in [4.78, 5) is 20.6. The molecule has 0 unspecified atom stereocenters. The van der Waals surface area contributed by atoms with Gasteiger partial charge in [-0.05, 0) is 49.4 Å². The zero-order chi connectivity index (χ0) is 21.3. The number of carboxylic acid groups (broad SMARTS) is 1. The van der Waals surface area contributed by atoms with Gasteiger partial charge in [-0.1, -0.05) is 42.5 Å². The maximum Gasteiger partial charge on any atom is 0.318 e. The largest absolute Gasteiger partial charge is 0.481 e. The summed E-state index contributed by atoms with van der Waals surface area (Å²) in [5.41, 5.74) is 3.94. The molecule has 0 amide bonds. The van der Waals surface area contributed by atoms with Crippen molar-refractivity contribution < 1.29 is 14.6 Å². The molecule has 0 aliphatic heterocycles. The van der Waals surface area contributed by atoms with E-state index in [1.807, 2.05) is 30.3 Å². The molecule has 0 atom stereocenters. The number of aromatic nitrogens is 2. The van der Waals surface area contributed by atoms with Gasteiger partial charge >= 0.3 is 12.0 Å². The molecule has 154 valence electrons. The maximum absolute atomic E-state index is 11.7. The number of fused-ring (bicyclic) bond motifs is 1. The third-order valence-electron chi connectivity index (χ3n) is 5.71. The molecule has 3 aromatic rings. The number of nitrogens with zero attached hydrogens (tertiary/aromatic N) is 2. The van der Waals surface area contributed by atoms with E-state index in [1.165, 1.54) is 18.2 Å². The Bertz CT molecular complexity index is 1070. The van der Waals surface area contributed by atoms with E-state index < -0.39 is 11.4 Å². The highest BCUT2D eigenvalue weighted by atomic mass is 16.5. The molecular weight excluding hydrogens is 378 g/mol. The van der Waals surface area contributed by atoms with Gasteiger partial charge < -0.3 is 15.2 Å². The molecular formula is C24H25N3O3. The van der Waals surface area contributed by atoms with E-state index >= 15 is 0 Å². The van der Waals surface area contributed by atoms with E-state index in [0.29, 0.717) is 17.1 Å². The topological polar surface area (TPSA) is 84.3 Å². The Kier molecular flexibility index (Phi) is 5.16. The number of carbonyl (C=O) groups is 1. The number of hydrogen-bond donors (Lipinski definition) is 2. The lowest BCUT2D eigenvalue weighted by molar-refractivity contribution is -0.142. The summed E-state index contributed by atoms with van der Waals surface area (Å²) in [7, 11) is 1.54. The Labute approximate surface area is 176 Å². The van der Waals surface area contributed by atoms with Gasteiger partial charge in [0.2, 0.25) is 0 Å². The van der Waals surface area contributed by atoms with E-state index in [-0.39, 0.29) is 12.1 Å². The van der Waals surface area contributed by atoms with Crippen molar-refractivity contribution in [2.45, 2.75) is 38.1 Å². The normalized spacial score (nSPS) is 13.7. The number of carboxylic acids is 1. The van der Waals surface area contributed by atoms with Gasteiger partial charge in [-0.15, -0.1) is 0 Å². The Morgan fingerprint density at radius 1 is 1.07 bits per heavy atom. The predicted molar refractivity (Wildman–Crippen MR) is 116 cm³/mol. The first kappa shape index (κ1) is 19.9. The Morgan fingerprint density at radius 3 is 2.40 bits per heavy atom. The summed E-state index contributed by atoms with van der Waals surface area (Å²) in [6, 6.07) is 18.3. The second kappa shape index (κ2) is 7.78. The maximum atomic E-state index is 11.7. The second-order valence-corrected chi connectivity index (χ2v) is 8.15. The molecule has 0 saturated heterocycles. The van der Waals surface area contributed by atoms with Crippen molar-refractivity contribution in [1.82, 2.24) is 9.97 Å². The number of methoxy groups -OCH3 is 1. The lowest BCUT2D eigenvalue weighted by Gasteiger charge is -2.20. The SMILES string of the molecule is COc1nc(NC2Cc3ccccc3C2)cc(-c2cccc(C(C)(C)C(=O)O)c2)n1. The fourth-order valence-electron chi connectivity index (χ4n) is 3.80. The smallest absolute Gasteiger partial charge is 0.318 e. The van der Waals surface area contributed by atoms with Crippen LogP contribution in [-0.2, 0) is 23.1 Å². The van der Waals surface area contributed by atoms with Gasteiger partial charge in [0.15, 0.2) is 0 Å². The monoisotopic (exact) mass is 403 g/mol. The van der Waals surface area contributed by atoms with Crippen molar-refractivity contribution in [3.8, 4) is 17.3 Å². The molecule has 6 heteroatoms. The van der Waals surface area contributed by atoms with Gasteiger partial charge in [-0.2, -0.15) is 9.97 Å². The molecule has 1 aliphatic carbocycles. The number of nitrogens with one attached hydrogen (secondary N) is 1. The predicted octanol–water partition coefficient (Wildman–Crippen LogP) is 4.09. The number of benzene rings is 2. The van der Waals surface area contributed by atoms with E-state index in [0.717, 1.165) is 18.4 Å². The van der Waals surface area contributed by atoms with Crippen LogP contribution >= 0.6 is 0 Å². The number of anilines is 1. The highest BCUT2D eigenvalue weighted by Gasteiger charge is 2.29. The second-order valence-electron chi connectivity index (χ2n) is 8.15. The Hall–Kier alpha value is -3.41. The zero-order valence-electron chi connectivity index (χ0n) is 17.3. The van der Waals surface area contributed by atoms with Crippen LogP contribution in [0.5, 0.6) is 6.01 Å². The van der Waals surface area contributed by atoms with E-state index in [4.69, 9.17) is 4.74 Å². The van der Waals surface area contributed by atoms with Crippen molar-refractivity contribution in [2.24, 2.45) is 0 Å². The van der Waals surface area contributed by atoms with Crippen LogP contribution < -0.4 is 10.1 Å². The first-order chi connectivity index (χ1) is 14.4. The molecule has 0 radical (unpaired) electrons. The van der Waals surface area contributed by atoms with Crippen LogP contribution in [0, 0.1) is 0 Å². The molecule has 1 aliphatic rings. The van der Waals surface area contributed by atoms with Gasteiger partial charge in [0.05, 0.1) is 18.2 Å². The fraction of sp³-hybridized carbons (Fsp3) is 0.292. The van der Waals surface area contributed by atoms with Crippen molar-refractivity contribution in [2.75, 3.05) is 12.4 Å². The number of aliphatic carboxylic acids is 1. The van der Waals surface area contributed by atoms with Crippen LogP contribution in [0.4, 0.5) is 5.82 Å². The van der Waals surface area contributed by atoms with Gasteiger partial charge in [-0.25, -0.2) is 0 Å². The molecule has 1 heterocycles. The van der Waals surface area contributed by atoms with Crippen molar-refractivity contribution in [3.05, 3.63) is 71.3 Å². The lowest BCUT2D eigenvalue weighted by Crippen LogP contribution is -2.28. The van der Waals surface area contributed by atoms with Crippen molar-refractivity contribution in [3.63, 3.8) is 0 Å². The third kappa shape index (κ3) is 3.85. The molecule has 2 aromatic carbocycles. The average Bonchev–Trinajstić information content (AvgIpc) is 3.15. The summed E-state index contributed by atoms with van der Waals surface area (Å²) < 4.78 is 5.32. The minimum absolute atomic E-state index is 0.257. The van der Waals surface area contributed by atoms with Gasteiger partial charge in [-0.3, -0.25) is 4.79 Å². The van der Waals surface area contributed by atoms with Gasteiger partial charge in [0, 0.05) is 17.7 Å². The molecule has 0 spiro atoms. The summed E-state index contributed by atoms with van der Waals surface area (Å²) in [6.07, 6.45) is 1.89. The van der Waals surface area contributed by atoms with E-state index in [2.05, 4.69) is 39.6 Å². The van der Waals surface area contributed by atoms with E-state index in [9.17, 15) is 9.90 Å². The summed E-state index contributed by atoms with van der Waals surface area (Å²) >= 11 is 0. The standard InChI is InChI=1S/C24H25N3O3/c1-24(2,22(28)29)18-10-6-9-17(11-18)20-14-21(27-23(26-20)30-3)25-19-12-15-7-4-5-8-16(15)13-19/h4-11,14,19H,12-13H2,1-3H3,(H,28,29)(H,25,26,27). The summed E-state index contributed by atoms with van der Waals surface area (Å²) in [5.74, 6) is -0.180. The Balaban J connectivity index is 1.63. The molecule has 0 bridgehead atoms. The van der Waals surface area contributed by atoms with Gasteiger partial charge in [0.25, 0.3) is 0 Å². The molecule has 0 saturated carbocycles. The number of ether oxygens (including phenoxy) is 1. The molecule has 0 fully saturated rings. The number of hydrogen-bond acceptors (Lipinski definition) is 5. The zero-order valence-corrected chi connectivity index (χ0v) is 17.3. The van der Waals surface area contributed by atoms with Crippen LogP contribution in [0.3, 0.4) is 0 Å². The quantitative estimate of drug-likeness (QED) is 0.645. The molecule has 1 aromatic heterocycles. The highest BCUT2D eigenvalue weighted by molar-refractivity contribution is 5.81. The lowest BCUT2D eigenvalue weighted by atomic mass is 9.84. The van der Waals surface area contributed by atoms with Crippen LogP contribution in [-0.4, -0.2) is 34.2 Å². The summed E-state index contributed by atoms with van der Waals surface area (Å²) in [5, 5.41) is 13.1. The van der Waals surface area contributed by atoms with Crippen LogP contribution in [0.15, 0.2) is 54.6 Å². The van der Waals surface area contributed by atoms with Crippen LogP contribution in [0.1, 0.15) is 30.5 Å². The first-order valence-electron chi connectivity index (χ1n) is 9.97. The highest BCUT2D eigenvalue weighted by Crippen LogP contribution is 2.30. The molecule has 2 N–H and O–H groups in total. The molecule has 4 rings (SSSR count). The van der Waals surface area contributed by atoms with E-state index in [1.54, 1.807) is 13.8 Å². The number of rotatable bonds is 6. The average molecular weight is 403 g/mol. The Morgan fingerprint density at radius 2 is 1.77 bits per heavy atom. The van der Waals surface area contributed by atoms with Crippen LogP contribution in [0.2, 0.25) is 0 Å². The van der Waals surface area contributed by atoms with Crippen LogP contribution in [0.25, 0.3) is 11.3 Å². The third-order valence-corrected chi connectivity index (χ3v) is 5.71. The minimum Gasteiger partial charge on any atom is -0.481 e. The first-order valence-corrected chi connectivity index (χ1v) is 9.97. The summed E-state index contributed by atoms with van der Waals surface area (Å²) in [6.45, 7) is 3.39. The fourth-order valence-corrected chi connectivity index (χ4v) is 3.80. The molecule has 6 nitrogen and oxygen atoms in total. The van der Waals surface area contributed by atoms with Gasteiger partial charge in [0.1, 0.15) is 5.82 Å². The van der Waals surface area contributed by atoms with Crippen molar-refractivity contribution >= 4 is 11.8 Å².